The average Bonchev–Trinajstić information content (AvgIpc) is 3.17. The van der Waals surface area contributed by atoms with Crippen molar-refractivity contribution in [2.75, 3.05) is 7.11 Å². The van der Waals surface area contributed by atoms with Crippen LogP contribution in [0.2, 0.25) is 0 Å². The highest BCUT2D eigenvalue weighted by Gasteiger charge is 2.21. The molecule has 0 radical (unpaired) electrons. The van der Waals surface area contributed by atoms with Gasteiger partial charge in [0.05, 0.1) is 13.7 Å². The molecule has 0 saturated heterocycles. The van der Waals surface area contributed by atoms with E-state index in [1.54, 1.807) is 10.3 Å². The molecule has 2 rings (SSSR count). The van der Waals surface area contributed by atoms with Crippen LogP contribution in [0.25, 0.3) is 0 Å². The summed E-state index contributed by atoms with van der Waals surface area (Å²) < 4.78 is 4.70. The fourth-order valence-electron chi connectivity index (χ4n) is 2.95. The summed E-state index contributed by atoms with van der Waals surface area (Å²) in [6.45, 7) is 6.55. The molecular weight excluding hydrogens is 372 g/mol. The summed E-state index contributed by atoms with van der Waals surface area (Å²) in [5.74, 6) is -0.484. The number of rotatable bonds is 10. The third kappa shape index (κ3) is 6.16. The normalized spacial score (nSPS) is 10.9. The molecule has 0 aliphatic carbocycles. The summed E-state index contributed by atoms with van der Waals surface area (Å²) in [7, 11) is 1.33. The van der Waals surface area contributed by atoms with Crippen LogP contribution in [-0.4, -0.2) is 34.9 Å². The number of thiazole rings is 1. The van der Waals surface area contributed by atoms with E-state index in [0.717, 1.165) is 11.4 Å². The van der Waals surface area contributed by atoms with E-state index >= 15 is 0 Å². The number of hydrogen-bond donors (Lipinski definition) is 0. The van der Waals surface area contributed by atoms with E-state index in [1.165, 1.54) is 49.7 Å². The molecular formula is C22H30N2O3S. The molecule has 0 aliphatic heterocycles. The second-order valence-corrected chi connectivity index (χ2v) is 8.10. The molecule has 0 aliphatic rings. The van der Waals surface area contributed by atoms with Crippen LogP contribution in [0.1, 0.15) is 77.9 Å². The van der Waals surface area contributed by atoms with Gasteiger partial charge in [0.2, 0.25) is 0 Å². The van der Waals surface area contributed by atoms with Gasteiger partial charge in [-0.05, 0) is 44.4 Å². The van der Waals surface area contributed by atoms with Crippen LogP contribution >= 0.6 is 11.3 Å². The summed E-state index contributed by atoms with van der Waals surface area (Å²) in [6.07, 6.45) is 6.00. The predicted octanol–water partition coefficient (Wildman–Crippen LogP) is 5.10. The Kier molecular flexibility index (Phi) is 8.64. The van der Waals surface area contributed by atoms with Crippen molar-refractivity contribution in [3.8, 4) is 0 Å². The molecule has 1 heterocycles. The number of unbranched alkanes of at least 4 members (excludes halogenated alkanes) is 3. The maximum atomic E-state index is 13.0. The second-order valence-electron chi connectivity index (χ2n) is 7.15. The highest BCUT2D eigenvalue weighted by atomic mass is 32.1. The molecule has 0 spiro atoms. The second kappa shape index (κ2) is 11.0. The maximum Gasteiger partial charge on any atom is 0.357 e. The monoisotopic (exact) mass is 402 g/mol. The van der Waals surface area contributed by atoms with Crippen molar-refractivity contribution >= 4 is 23.2 Å². The number of esters is 1. The smallest absolute Gasteiger partial charge is 0.357 e. The lowest BCUT2D eigenvalue weighted by Crippen LogP contribution is -2.36. The topological polar surface area (TPSA) is 59.5 Å². The number of benzene rings is 1. The summed E-state index contributed by atoms with van der Waals surface area (Å²) in [5.41, 5.74) is 2.23. The molecule has 152 valence electrons. The Morgan fingerprint density at radius 3 is 2.46 bits per heavy atom. The minimum atomic E-state index is -0.459. The summed E-state index contributed by atoms with van der Waals surface area (Å²) >= 11 is 1.36. The largest absolute Gasteiger partial charge is 0.464 e. The number of carbonyl (C=O) groups excluding carboxylic acids is 2. The Balaban J connectivity index is 2.03. The number of carbonyl (C=O) groups is 2. The van der Waals surface area contributed by atoms with E-state index in [2.05, 4.69) is 24.0 Å². The molecule has 0 saturated carbocycles. The van der Waals surface area contributed by atoms with Crippen LogP contribution in [0.15, 0.2) is 29.6 Å². The molecule has 6 heteroatoms. The number of aromatic nitrogens is 1. The van der Waals surface area contributed by atoms with Crippen molar-refractivity contribution < 1.29 is 14.3 Å². The molecule has 2 aromatic rings. The molecule has 1 amide bonds. The summed E-state index contributed by atoms with van der Waals surface area (Å²) in [5, 5.41) is 2.38. The van der Waals surface area contributed by atoms with Crippen molar-refractivity contribution in [3.05, 3.63) is 51.5 Å². The van der Waals surface area contributed by atoms with Crippen molar-refractivity contribution in [2.24, 2.45) is 0 Å². The van der Waals surface area contributed by atoms with Gasteiger partial charge >= 0.3 is 5.97 Å². The van der Waals surface area contributed by atoms with Gasteiger partial charge < -0.3 is 9.64 Å². The van der Waals surface area contributed by atoms with Crippen LogP contribution in [0.4, 0.5) is 0 Å². The minimum Gasteiger partial charge on any atom is -0.464 e. The SMILES string of the molecule is CCCCCCc1ccc(C(=O)N(Cc2nc(C(=O)OC)cs2)C(C)C)cc1. The lowest BCUT2D eigenvalue weighted by Gasteiger charge is -2.26. The first kappa shape index (κ1) is 22.1. The number of aryl methyl sites for hydroxylation is 1. The van der Waals surface area contributed by atoms with E-state index in [1.807, 2.05) is 26.0 Å². The molecule has 5 nitrogen and oxygen atoms in total. The average molecular weight is 403 g/mol. The van der Waals surface area contributed by atoms with Gasteiger partial charge in [0.1, 0.15) is 5.01 Å². The third-order valence-corrected chi connectivity index (χ3v) is 5.49. The Morgan fingerprint density at radius 1 is 1.14 bits per heavy atom. The Morgan fingerprint density at radius 2 is 1.86 bits per heavy atom. The van der Waals surface area contributed by atoms with E-state index in [9.17, 15) is 9.59 Å². The van der Waals surface area contributed by atoms with Crippen LogP contribution in [0, 0.1) is 0 Å². The van der Waals surface area contributed by atoms with Crippen molar-refractivity contribution in [1.29, 1.82) is 0 Å². The van der Waals surface area contributed by atoms with Gasteiger partial charge in [-0.1, -0.05) is 38.3 Å². The first-order chi connectivity index (χ1) is 13.5. The van der Waals surface area contributed by atoms with Gasteiger partial charge in [0.25, 0.3) is 5.91 Å². The molecule has 1 aromatic carbocycles. The molecule has 1 aromatic heterocycles. The molecule has 0 bridgehead atoms. The van der Waals surface area contributed by atoms with Gasteiger partial charge in [0.15, 0.2) is 5.69 Å². The first-order valence-corrected chi connectivity index (χ1v) is 10.8. The van der Waals surface area contributed by atoms with E-state index < -0.39 is 5.97 Å². The molecule has 0 fully saturated rings. The first-order valence-electron chi connectivity index (χ1n) is 9.88. The van der Waals surface area contributed by atoms with Crippen molar-refractivity contribution in [3.63, 3.8) is 0 Å². The Labute approximate surface area is 171 Å². The lowest BCUT2D eigenvalue weighted by molar-refractivity contribution is 0.0594. The fourth-order valence-corrected chi connectivity index (χ4v) is 3.71. The van der Waals surface area contributed by atoms with Crippen LogP contribution < -0.4 is 0 Å². The highest BCUT2D eigenvalue weighted by Crippen LogP contribution is 2.18. The molecule has 0 atom stereocenters. The number of amides is 1. The third-order valence-electron chi connectivity index (χ3n) is 4.66. The number of methoxy groups -OCH3 is 1. The quantitative estimate of drug-likeness (QED) is 0.410. The van der Waals surface area contributed by atoms with Crippen molar-refractivity contribution in [2.45, 2.75) is 65.5 Å². The van der Waals surface area contributed by atoms with Gasteiger partial charge in [-0.2, -0.15) is 0 Å². The zero-order valence-corrected chi connectivity index (χ0v) is 18.1. The fraction of sp³-hybridized carbons (Fsp3) is 0.500. The summed E-state index contributed by atoms with van der Waals surface area (Å²) in [6, 6.07) is 7.95. The van der Waals surface area contributed by atoms with Gasteiger partial charge in [-0.3, -0.25) is 4.79 Å². The van der Waals surface area contributed by atoms with Gasteiger partial charge in [0, 0.05) is 17.0 Å². The number of nitrogens with zero attached hydrogens (tertiary/aromatic N) is 2. The zero-order valence-electron chi connectivity index (χ0n) is 17.2. The summed E-state index contributed by atoms with van der Waals surface area (Å²) in [4.78, 5) is 30.7. The van der Waals surface area contributed by atoms with Gasteiger partial charge in [-0.25, -0.2) is 9.78 Å². The van der Waals surface area contributed by atoms with Crippen molar-refractivity contribution in [1.82, 2.24) is 9.88 Å². The standard InChI is InChI=1S/C22H30N2O3S/c1-5-6-7-8-9-17-10-12-18(13-11-17)21(25)24(16(2)3)14-20-23-19(15-28-20)22(26)27-4/h10-13,15-16H,5-9,14H2,1-4H3. The van der Waals surface area contributed by atoms with E-state index in [-0.39, 0.29) is 17.6 Å². The van der Waals surface area contributed by atoms with E-state index in [4.69, 9.17) is 4.74 Å². The zero-order chi connectivity index (χ0) is 20.5. The maximum absolute atomic E-state index is 13.0. The minimum absolute atomic E-state index is 0.0201. The Bertz CT molecular complexity index is 768. The predicted molar refractivity (Wildman–Crippen MR) is 113 cm³/mol. The molecule has 0 unspecified atom stereocenters. The van der Waals surface area contributed by atoms with Crippen LogP contribution in [0.5, 0.6) is 0 Å². The highest BCUT2D eigenvalue weighted by molar-refractivity contribution is 7.09. The Hall–Kier alpha value is -2.21. The van der Waals surface area contributed by atoms with Crippen LogP contribution in [-0.2, 0) is 17.7 Å². The van der Waals surface area contributed by atoms with Crippen LogP contribution in [0.3, 0.4) is 0 Å². The molecule has 28 heavy (non-hydrogen) atoms. The molecule has 0 N–H and O–H groups in total. The lowest BCUT2D eigenvalue weighted by atomic mass is 10.0. The number of ether oxygens (including phenoxy) is 1. The van der Waals surface area contributed by atoms with Gasteiger partial charge in [-0.15, -0.1) is 11.3 Å². The number of hydrogen-bond acceptors (Lipinski definition) is 5. The van der Waals surface area contributed by atoms with E-state index in [0.29, 0.717) is 12.1 Å².